The molecule has 0 aliphatic rings. The molecule has 1 nitrogen and oxygen atoms in total. The van der Waals surface area contributed by atoms with Gasteiger partial charge in [0.1, 0.15) is 0 Å². The molecule has 0 aromatic carbocycles. The SMILES string of the molecule is CCCCCCCCCCCCCCCCCCN(CCCCCCCCCCCCCCCCCC)C(C)(C)CC. The minimum atomic E-state index is 0.366. The highest BCUT2D eigenvalue weighted by Crippen LogP contribution is 2.22. The molecule has 0 N–H and O–H groups in total. The van der Waals surface area contributed by atoms with Gasteiger partial charge in [-0.05, 0) is 46.2 Å². The van der Waals surface area contributed by atoms with E-state index in [4.69, 9.17) is 0 Å². The molecule has 1 heteroatoms. The van der Waals surface area contributed by atoms with Crippen LogP contribution in [0.5, 0.6) is 0 Å². The van der Waals surface area contributed by atoms with Crippen molar-refractivity contribution in [3.8, 4) is 0 Å². The van der Waals surface area contributed by atoms with Crippen molar-refractivity contribution in [3.63, 3.8) is 0 Å². The second-order valence-electron chi connectivity index (χ2n) is 14.8. The quantitative estimate of drug-likeness (QED) is 0.0655. The Bertz CT molecular complexity index is 447. The monoisotopic (exact) mass is 592 g/mol. The average molecular weight is 592 g/mol. The molecule has 0 aromatic heterocycles. The zero-order valence-electron chi connectivity index (χ0n) is 30.7. The van der Waals surface area contributed by atoms with E-state index >= 15 is 0 Å². The first-order valence-corrected chi connectivity index (χ1v) is 20.3. The maximum atomic E-state index is 2.83. The molecule has 0 spiro atoms. The van der Waals surface area contributed by atoms with E-state index in [-0.39, 0.29) is 0 Å². The van der Waals surface area contributed by atoms with Crippen LogP contribution in [0, 0.1) is 0 Å². The average Bonchev–Trinajstić information content (AvgIpc) is 2.99. The van der Waals surface area contributed by atoms with E-state index < -0.39 is 0 Å². The summed E-state index contributed by atoms with van der Waals surface area (Å²) in [6.07, 6.45) is 48.0. The molecular formula is C41H85N. The van der Waals surface area contributed by atoms with Gasteiger partial charge in [-0.2, -0.15) is 0 Å². The Morgan fingerprint density at radius 1 is 0.286 bits per heavy atom. The number of rotatable bonds is 36. The molecule has 0 aromatic rings. The lowest BCUT2D eigenvalue weighted by Crippen LogP contribution is -2.44. The molecule has 0 saturated carbocycles. The van der Waals surface area contributed by atoms with E-state index in [1.807, 2.05) is 0 Å². The van der Waals surface area contributed by atoms with Gasteiger partial charge in [-0.15, -0.1) is 0 Å². The molecule has 0 amide bonds. The highest BCUT2D eigenvalue weighted by molar-refractivity contribution is 4.80. The molecule has 0 bridgehead atoms. The number of unbranched alkanes of at least 4 members (excludes halogenated alkanes) is 30. The maximum absolute atomic E-state index is 2.83. The van der Waals surface area contributed by atoms with Crippen LogP contribution in [0.4, 0.5) is 0 Å². The number of nitrogens with zero attached hydrogens (tertiary/aromatic N) is 1. The summed E-state index contributed by atoms with van der Waals surface area (Å²) in [5.74, 6) is 0. The zero-order valence-corrected chi connectivity index (χ0v) is 30.7. The van der Waals surface area contributed by atoms with Crippen LogP contribution in [-0.2, 0) is 0 Å². The summed E-state index contributed by atoms with van der Waals surface area (Å²) in [4.78, 5) is 2.83. The first-order chi connectivity index (χ1) is 20.6. The van der Waals surface area contributed by atoms with Crippen molar-refractivity contribution in [2.24, 2.45) is 0 Å². The molecule has 0 atom stereocenters. The summed E-state index contributed by atoms with van der Waals surface area (Å²) in [5, 5.41) is 0. The third-order valence-electron chi connectivity index (χ3n) is 10.3. The van der Waals surface area contributed by atoms with Gasteiger partial charge in [0.2, 0.25) is 0 Å². The summed E-state index contributed by atoms with van der Waals surface area (Å²) >= 11 is 0. The van der Waals surface area contributed by atoms with Crippen LogP contribution >= 0.6 is 0 Å². The minimum Gasteiger partial charge on any atom is -0.298 e. The Labute approximate surface area is 269 Å². The normalized spacial score (nSPS) is 12.1. The van der Waals surface area contributed by atoms with Crippen LogP contribution in [0.1, 0.15) is 247 Å². The fourth-order valence-electron chi connectivity index (χ4n) is 6.64. The Balaban J connectivity index is 3.60. The van der Waals surface area contributed by atoms with Gasteiger partial charge in [0, 0.05) is 5.54 Å². The molecule has 0 rings (SSSR count). The van der Waals surface area contributed by atoms with Gasteiger partial charge in [-0.25, -0.2) is 0 Å². The predicted molar refractivity (Wildman–Crippen MR) is 195 cm³/mol. The highest BCUT2D eigenvalue weighted by Gasteiger charge is 2.23. The van der Waals surface area contributed by atoms with E-state index in [0.29, 0.717) is 5.54 Å². The lowest BCUT2D eigenvalue weighted by molar-refractivity contribution is 0.110. The second-order valence-corrected chi connectivity index (χ2v) is 14.8. The van der Waals surface area contributed by atoms with Gasteiger partial charge in [-0.3, -0.25) is 4.90 Å². The highest BCUT2D eigenvalue weighted by atomic mass is 15.2. The fraction of sp³-hybridized carbons (Fsp3) is 1.00. The zero-order chi connectivity index (χ0) is 30.8. The van der Waals surface area contributed by atoms with Crippen molar-refractivity contribution in [1.29, 1.82) is 0 Å². The standard InChI is InChI=1S/C41H85N/c1-6-9-11-13-15-17-19-21-23-25-27-29-31-33-35-37-39-42(41(4,5)8-3)40-38-36-34-32-30-28-26-24-22-20-18-16-14-12-10-7-2/h6-40H2,1-5H3. The van der Waals surface area contributed by atoms with E-state index in [1.165, 1.54) is 225 Å². The Kier molecular flexibility index (Phi) is 33.8. The van der Waals surface area contributed by atoms with Gasteiger partial charge < -0.3 is 0 Å². The summed E-state index contributed by atoms with van der Waals surface area (Å²) in [7, 11) is 0. The molecule has 0 fully saturated rings. The van der Waals surface area contributed by atoms with E-state index in [9.17, 15) is 0 Å². The number of hydrogen-bond acceptors (Lipinski definition) is 1. The Hall–Kier alpha value is -0.0400. The molecule has 0 radical (unpaired) electrons. The van der Waals surface area contributed by atoms with Gasteiger partial charge in [0.25, 0.3) is 0 Å². The van der Waals surface area contributed by atoms with E-state index in [1.54, 1.807) is 0 Å². The van der Waals surface area contributed by atoms with Crippen LogP contribution in [0.15, 0.2) is 0 Å². The van der Waals surface area contributed by atoms with E-state index in [0.717, 1.165) is 0 Å². The summed E-state index contributed by atoms with van der Waals surface area (Å²) in [6.45, 7) is 14.6. The third kappa shape index (κ3) is 30.0. The lowest BCUT2D eigenvalue weighted by Gasteiger charge is -2.38. The van der Waals surface area contributed by atoms with Crippen LogP contribution in [0.2, 0.25) is 0 Å². The minimum absolute atomic E-state index is 0.366. The van der Waals surface area contributed by atoms with Crippen molar-refractivity contribution in [2.75, 3.05) is 13.1 Å². The summed E-state index contributed by atoms with van der Waals surface area (Å²) in [6, 6.07) is 0. The van der Waals surface area contributed by atoms with E-state index in [2.05, 4.69) is 39.5 Å². The maximum Gasteiger partial charge on any atom is 0.0150 e. The topological polar surface area (TPSA) is 3.24 Å². The van der Waals surface area contributed by atoms with Gasteiger partial charge in [0.15, 0.2) is 0 Å². The lowest BCUT2D eigenvalue weighted by atomic mass is 9.97. The molecule has 0 aliphatic heterocycles. The summed E-state index contributed by atoms with van der Waals surface area (Å²) < 4.78 is 0. The molecule has 0 aliphatic carbocycles. The van der Waals surface area contributed by atoms with Crippen LogP contribution < -0.4 is 0 Å². The Morgan fingerprint density at radius 3 is 0.667 bits per heavy atom. The van der Waals surface area contributed by atoms with Gasteiger partial charge in [0.05, 0.1) is 0 Å². The first kappa shape index (κ1) is 42.0. The van der Waals surface area contributed by atoms with Crippen molar-refractivity contribution >= 4 is 0 Å². The fourth-order valence-corrected chi connectivity index (χ4v) is 6.64. The molecule has 0 unspecified atom stereocenters. The predicted octanol–water partition coefficient (Wildman–Crippen LogP) is 15.0. The van der Waals surface area contributed by atoms with Crippen LogP contribution in [0.25, 0.3) is 0 Å². The van der Waals surface area contributed by atoms with Crippen LogP contribution in [0.3, 0.4) is 0 Å². The second kappa shape index (κ2) is 33.8. The van der Waals surface area contributed by atoms with Crippen molar-refractivity contribution < 1.29 is 0 Å². The smallest absolute Gasteiger partial charge is 0.0150 e. The first-order valence-electron chi connectivity index (χ1n) is 20.3. The Morgan fingerprint density at radius 2 is 0.476 bits per heavy atom. The van der Waals surface area contributed by atoms with Crippen molar-refractivity contribution in [1.82, 2.24) is 4.90 Å². The molecule has 0 saturated heterocycles. The molecule has 42 heavy (non-hydrogen) atoms. The van der Waals surface area contributed by atoms with Gasteiger partial charge in [-0.1, -0.05) is 213 Å². The van der Waals surface area contributed by atoms with Crippen molar-refractivity contribution in [3.05, 3.63) is 0 Å². The molecule has 254 valence electrons. The largest absolute Gasteiger partial charge is 0.298 e. The number of hydrogen-bond donors (Lipinski definition) is 0. The summed E-state index contributed by atoms with van der Waals surface area (Å²) in [5.41, 5.74) is 0.366. The van der Waals surface area contributed by atoms with Gasteiger partial charge >= 0.3 is 0 Å². The third-order valence-corrected chi connectivity index (χ3v) is 10.3. The molecular weight excluding hydrogens is 506 g/mol. The van der Waals surface area contributed by atoms with Crippen molar-refractivity contribution in [2.45, 2.75) is 252 Å². The molecule has 0 heterocycles. The van der Waals surface area contributed by atoms with Crippen LogP contribution in [-0.4, -0.2) is 23.5 Å².